The Morgan fingerprint density at radius 1 is 1.10 bits per heavy atom. The summed E-state index contributed by atoms with van der Waals surface area (Å²) in [4.78, 5) is 29.5. The van der Waals surface area contributed by atoms with Gasteiger partial charge in [0.2, 0.25) is 0 Å². The molecule has 3 aromatic heterocycles. The van der Waals surface area contributed by atoms with Crippen LogP contribution in [-0.4, -0.2) is 50.3 Å². The number of nitrogens with zero attached hydrogens (tertiary/aromatic N) is 5. The number of carbonyl (C=O) groups is 1. The Balaban J connectivity index is 1.19. The second-order valence-electron chi connectivity index (χ2n) is 9.99. The summed E-state index contributed by atoms with van der Waals surface area (Å²) < 4.78 is 39.6. The van der Waals surface area contributed by atoms with E-state index in [2.05, 4.69) is 30.4 Å². The van der Waals surface area contributed by atoms with E-state index in [1.54, 1.807) is 35.3 Å². The van der Waals surface area contributed by atoms with Crippen LogP contribution in [0.5, 0.6) is 0 Å². The molecule has 0 radical (unpaired) electrons. The van der Waals surface area contributed by atoms with Crippen molar-refractivity contribution in [2.45, 2.75) is 43.0 Å². The number of hydrogen-bond donors (Lipinski definition) is 2. The molecular formula is C28H26FN7O3S. The van der Waals surface area contributed by atoms with Crippen LogP contribution in [0.4, 0.5) is 4.39 Å². The summed E-state index contributed by atoms with van der Waals surface area (Å²) in [6.07, 6.45) is 10.2. The molecule has 0 spiro atoms. The largest absolute Gasteiger partial charge is 0.347 e. The number of amides is 1. The van der Waals surface area contributed by atoms with Crippen LogP contribution in [0, 0.1) is 5.82 Å². The van der Waals surface area contributed by atoms with Gasteiger partial charge in [0.25, 0.3) is 5.91 Å². The van der Waals surface area contributed by atoms with E-state index in [-0.39, 0.29) is 17.1 Å². The van der Waals surface area contributed by atoms with Crippen molar-refractivity contribution in [1.29, 1.82) is 0 Å². The number of fused-ring (bicyclic) bond motifs is 1. The summed E-state index contributed by atoms with van der Waals surface area (Å²) in [6, 6.07) is 10.9. The lowest BCUT2D eigenvalue weighted by atomic mass is 10.1. The van der Waals surface area contributed by atoms with Gasteiger partial charge < -0.3 is 10.3 Å². The fourth-order valence-corrected chi connectivity index (χ4v) is 5.69. The van der Waals surface area contributed by atoms with Crippen molar-refractivity contribution in [2.24, 2.45) is 0 Å². The molecule has 0 atom stereocenters. The Hall–Kier alpha value is -4.45. The molecule has 1 fully saturated rings. The van der Waals surface area contributed by atoms with E-state index < -0.39 is 21.6 Å². The minimum absolute atomic E-state index is 0.0831. The molecule has 1 aliphatic rings. The number of aromatic nitrogens is 6. The minimum Gasteiger partial charge on any atom is -0.347 e. The average molecular weight is 560 g/mol. The molecule has 0 bridgehead atoms. The normalized spacial score (nSPS) is 14.2. The number of sulfone groups is 1. The minimum atomic E-state index is -3.31. The molecule has 1 amide bonds. The standard InChI is InChI=1S/C28H26FN7O3S/c1-40(38,39)23-8-6-22(7-9-23)36-15-20(14-33-36)19-10-17(11-21(29)12-19)13-30-28(37)25-24-27(32-16-31-25)35-26(34-24)18-4-2-3-5-18/h6-12,14-16,18H,2-5,13H2,1H3,(H,30,37)(H,31,32,34,35). The van der Waals surface area contributed by atoms with Crippen LogP contribution in [0.3, 0.4) is 0 Å². The third-order valence-corrected chi connectivity index (χ3v) is 8.25. The maximum atomic E-state index is 14.6. The number of H-pyrrole nitrogens is 1. The zero-order valence-corrected chi connectivity index (χ0v) is 22.4. The maximum absolute atomic E-state index is 14.6. The van der Waals surface area contributed by atoms with E-state index in [0.29, 0.717) is 39.5 Å². The third-order valence-electron chi connectivity index (χ3n) is 7.12. The van der Waals surface area contributed by atoms with Gasteiger partial charge in [-0.1, -0.05) is 12.8 Å². The summed E-state index contributed by atoms with van der Waals surface area (Å²) >= 11 is 0. The lowest BCUT2D eigenvalue weighted by Gasteiger charge is -2.08. The number of halogens is 1. The highest BCUT2D eigenvalue weighted by atomic mass is 32.2. The summed E-state index contributed by atoms with van der Waals surface area (Å²) in [5.74, 6) is 0.312. The fraction of sp³-hybridized carbons (Fsp3) is 0.250. The molecule has 5 aromatic rings. The number of nitrogens with one attached hydrogen (secondary N) is 2. The van der Waals surface area contributed by atoms with Gasteiger partial charge >= 0.3 is 0 Å². The van der Waals surface area contributed by atoms with Gasteiger partial charge in [0.1, 0.15) is 23.5 Å². The molecule has 0 unspecified atom stereocenters. The van der Waals surface area contributed by atoms with Gasteiger partial charge in [-0.3, -0.25) is 4.79 Å². The Kier molecular flexibility index (Phi) is 6.62. The Labute approximate surface area is 229 Å². The predicted molar refractivity (Wildman–Crippen MR) is 146 cm³/mol. The van der Waals surface area contributed by atoms with Crippen LogP contribution in [0.15, 0.2) is 66.1 Å². The highest BCUT2D eigenvalue weighted by Crippen LogP contribution is 2.33. The molecule has 40 heavy (non-hydrogen) atoms. The van der Waals surface area contributed by atoms with Crippen molar-refractivity contribution >= 4 is 26.9 Å². The van der Waals surface area contributed by atoms with E-state index in [9.17, 15) is 17.6 Å². The number of imidazole rings is 1. The highest BCUT2D eigenvalue weighted by Gasteiger charge is 2.23. The monoisotopic (exact) mass is 559 g/mol. The molecule has 12 heteroatoms. The molecule has 0 aliphatic heterocycles. The van der Waals surface area contributed by atoms with Gasteiger partial charge in [-0.05, 0) is 66.4 Å². The lowest BCUT2D eigenvalue weighted by molar-refractivity contribution is 0.0947. The van der Waals surface area contributed by atoms with Gasteiger partial charge in [0.05, 0.1) is 16.8 Å². The molecule has 204 valence electrons. The van der Waals surface area contributed by atoms with E-state index in [4.69, 9.17) is 0 Å². The zero-order chi connectivity index (χ0) is 27.9. The third kappa shape index (κ3) is 5.22. The van der Waals surface area contributed by atoms with Crippen molar-refractivity contribution in [3.05, 3.63) is 84.1 Å². The topological polar surface area (TPSA) is 136 Å². The molecule has 2 aromatic carbocycles. The Morgan fingerprint density at radius 3 is 2.62 bits per heavy atom. The number of aromatic amines is 1. The quantitative estimate of drug-likeness (QED) is 0.303. The van der Waals surface area contributed by atoms with Gasteiger partial charge in [-0.25, -0.2) is 32.4 Å². The summed E-state index contributed by atoms with van der Waals surface area (Å²) in [6.45, 7) is 0.0831. The summed E-state index contributed by atoms with van der Waals surface area (Å²) in [5.41, 5.74) is 3.62. The first-order chi connectivity index (χ1) is 19.2. The van der Waals surface area contributed by atoms with Crippen LogP contribution in [-0.2, 0) is 16.4 Å². The second-order valence-corrected chi connectivity index (χ2v) is 12.0. The van der Waals surface area contributed by atoms with Gasteiger partial charge in [0.15, 0.2) is 21.2 Å². The van der Waals surface area contributed by atoms with E-state index >= 15 is 0 Å². The van der Waals surface area contributed by atoms with Crippen molar-refractivity contribution in [2.75, 3.05) is 6.26 Å². The van der Waals surface area contributed by atoms with E-state index in [1.807, 2.05) is 0 Å². The van der Waals surface area contributed by atoms with Crippen LogP contribution in [0.1, 0.15) is 53.5 Å². The molecule has 1 saturated carbocycles. The molecule has 0 saturated heterocycles. The fourth-order valence-electron chi connectivity index (χ4n) is 5.06. The molecule has 6 rings (SSSR count). The molecule has 10 nitrogen and oxygen atoms in total. The number of hydrogen-bond acceptors (Lipinski definition) is 7. The van der Waals surface area contributed by atoms with Crippen molar-refractivity contribution in [1.82, 2.24) is 35.0 Å². The van der Waals surface area contributed by atoms with Crippen molar-refractivity contribution < 1.29 is 17.6 Å². The first-order valence-corrected chi connectivity index (χ1v) is 14.8. The van der Waals surface area contributed by atoms with Gasteiger partial charge in [-0.15, -0.1) is 0 Å². The first-order valence-electron chi connectivity index (χ1n) is 12.9. The smallest absolute Gasteiger partial charge is 0.272 e. The summed E-state index contributed by atoms with van der Waals surface area (Å²) in [7, 11) is -3.31. The molecule has 3 heterocycles. The Bertz CT molecular complexity index is 1820. The number of rotatable bonds is 7. The molecule has 2 N–H and O–H groups in total. The zero-order valence-electron chi connectivity index (χ0n) is 21.6. The maximum Gasteiger partial charge on any atom is 0.272 e. The van der Waals surface area contributed by atoms with Crippen LogP contribution in [0.2, 0.25) is 0 Å². The Morgan fingerprint density at radius 2 is 1.88 bits per heavy atom. The van der Waals surface area contributed by atoms with Gasteiger partial charge in [0, 0.05) is 30.5 Å². The second kappa shape index (κ2) is 10.3. The molecule has 1 aliphatic carbocycles. The van der Waals surface area contributed by atoms with Crippen LogP contribution >= 0.6 is 0 Å². The first kappa shape index (κ1) is 25.8. The lowest BCUT2D eigenvalue weighted by Crippen LogP contribution is -2.24. The van der Waals surface area contributed by atoms with E-state index in [0.717, 1.165) is 37.8 Å². The number of benzene rings is 2. The molecular weight excluding hydrogens is 533 g/mol. The average Bonchev–Trinajstić information content (AvgIpc) is 3.71. The predicted octanol–water partition coefficient (Wildman–Crippen LogP) is 4.34. The van der Waals surface area contributed by atoms with E-state index in [1.165, 1.54) is 30.6 Å². The SMILES string of the molecule is CS(=O)(=O)c1ccc(-n2cc(-c3cc(F)cc(CNC(=O)c4ncnc5nc(C6CCCC6)[nH]c45)c3)cn2)cc1. The van der Waals surface area contributed by atoms with Crippen LogP contribution < -0.4 is 5.32 Å². The van der Waals surface area contributed by atoms with Crippen LogP contribution in [0.25, 0.3) is 28.0 Å². The van der Waals surface area contributed by atoms with Gasteiger partial charge in [-0.2, -0.15) is 5.10 Å². The summed E-state index contributed by atoms with van der Waals surface area (Å²) in [5, 5.41) is 7.17. The van der Waals surface area contributed by atoms with Crippen molar-refractivity contribution in [3.63, 3.8) is 0 Å². The van der Waals surface area contributed by atoms with Crippen molar-refractivity contribution in [3.8, 4) is 16.8 Å². The number of carbonyl (C=O) groups excluding carboxylic acids is 1. The highest BCUT2D eigenvalue weighted by molar-refractivity contribution is 7.90.